The van der Waals surface area contributed by atoms with Gasteiger partial charge in [0.25, 0.3) is 0 Å². The molecule has 6 fully saturated rings. The van der Waals surface area contributed by atoms with E-state index in [-0.39, 0.29) is 75.8 Å². The summed E-state index contributed by atoms with van der Waals surface area (Å²) in [6.45, 7) is 30.5. The lowest BCUT2D eigenvalue weighted by Gasteiger charge is -2.41. The van der Waals surface area contributed by atoms with Gasteiger partial charge in [-0.2, -0.15) is 46.9 Å². The molecule has 2 aliphatic carbocycles. The molecule has 2 aromatic carbocycles. The van der Waals surface area contributed by atoms with E-state index in [9.17, 15) is 9.59 Å². The Hall–Kier alpha value is -7.70. The van der Waals surface area contributed by atoms with E-state index < -0.39 is 0 Å². The van der Waals surface area contributed by atoms with Crippen LogP contribution in [0.25, 0.3) is 31.2 Å². The monoisotopic (exact) mass is 1400 g/mol. The first-order chi connectivity index (χ1) is 47.1. The van der Waals surface area contributed by atoms with Crippen LogP contribution < -0.4 is 29.1 Å². The SMILES string of the molecule is S.S.[C-]#[N+]C[C@H]1CN(c2nc(OCCOC3CC3)nc3c2CCN(c2cncc4cccc(Cl)c24)C3)CCN1C(=O)/C=C/CN1CCOCC1.[C-]#[N+]C[C@H]1CN(c2nc(OCCOC3CC3)nc3c2CCN(c2cncc4cccc(F)c24)C3)CCN1C(=O)/C=C/CN1CCOCC1. The Labute approximate surface area is 590 Å². The first kappa shape index (κ1) is 71.6. The highest BCUT2D eigenvalue weighted by atomic mass is 35.5. The van der Waals surface area contributed by atoms with Gasteiger partial charge in [-0.1, -0.05) is 48.0 Å². The number of amides is 2. The molecule has 0 unspecified atom stereocenters. The van der Waals surface area contributed by atoms with E-state index in [0.29, 0.717) is 153 Å². The average Bonchev–Trinajstić information content (AvgIpc) is 0.790. The second-order valence-corrected chi connectivity index (χ2v) is 25.7. The summed E-state index contributed by atoms with van der Waals surface area (Å²) < 4.78 is 49.6. The maximum Gasteiger partial charge on any atom is 0.318 e. The van der Waals surface area contributed by atoms with E-state index >= 15 is 4.39 Å². The van der Waals surface area contributed by atoms with E-state index in [1.54, 1.807) is 30.6 Å². The van der Waals surface area contributed by atoms with Crippen LogP contribution >= 0.6 is 38.6 Å². The summed E-state index contributed by atoms with van der Waals surface area (Å²) in [5.41, 5.74) is 5.47. The molecule has 8 aliphatic rings. The van der Waals surface area contributed by atoms with Crippen LogP contribution in [0.4, 0.5) is 27.4 Å². The van der Waals surface area contributed by atoms with Gasteiger partial charge >= 0.3 is 12.0 Å². The Morgan fingerprint density at radius 3 is 1.50 bits per heavy atom. The highest BCUT2D eigenvalue weighted by molar-refractivity contribution is 7.59. The largest absolute Gasteiger partial charge is 0.461 e. The Bertz CT molecular complexity index is 3630. The standard InChI is InChI=1S/C35H41ClN8O4.C35H41FN8O4.2H2S/c2*1-37-21-26-23-43(12-13-44(26)32(45)6-3-10-41-14-16-46-17-15-41)34-28-9-11-42(31-22-38-20-25-4-2-5-29(36)33(25)31)24-30(28)39-35(40-34)48-19-18-47-27-7-8-27;;/h2*2-6,20,22,26-27H,7-19,21,23-24H2;2*1H2/b2*6-3+;;/t2*26-;;/m00../s1. The third kappa shape index (κ3) is 17.8. The van der Waals surface area contributed by atoms with Gasteiger partial charge in [0.1, 0.15) is 42.8 Å². The van der Waals surface area contributed by atoms with Crippen molar-refractivity contribution in [3.8, 4) is 12.0 Å². The molecule has 0 radical (unpaired) electrons. The lowest BCUT2D eigenvalue weighted by molar-refractivity contribution is -0.129. The van der Waals surface area contributed by atoms with E-state index in [1.165, 1.54) is 6.07 Å². The fourth-order valence-corrected chi connectivity index (χ4v) is 13.7. The van der Waals surface area contributed by atoms with Crippen LogP contribution in [0.15, 0.2) is 85.5 Å². The van der Waals surface area contributed by atoms with Gasteiger partial charge in [0.05, 0.1) is 105 Å². The zero-order valence-electron chi connectivity index (χ0n) is 55.2. The van der Waals surface area contributed by atoms with Crippen LogP contribution in [-0.2, 0) is 54.5 Å². The lowest BCUT2D eigenvalue weighted by atomic mass is 10.0. The molecule has 28 heteroatoms. The smallest absolute Gasteiger partial charge is 0.318 e. The first-order valence-corrected chi connectivity index (χ1v) is 34.1. The fraction of sp³-hybridized carbons (Fsp3) is 0.514. The van der Waals surface area contributed by atoms with E-state index in [1.807, 2.05) is 58.6 Å². The van der Waals surface area contributed by atoms with Gasteiger partial charge in [0.15, 0.2) is 0 Å². The Balaban J connectivity index is 0.000000194. The zero-order chi connectivity index (χ0) is 65.7. The van der Waals surface area contributed by atoms with Crippen molar-refractivity contribution in [2.45, 2.75) is 75.9 Å². The number of carbonyl (C=O) groups is 2. The van der Waals surface area contributed by atoms with Crippen molar-refractivity contribution < 1.29 is 42.4 Å². The molecule has 0 spiro atoms. The van der Waals surface area contributed by atoms with Crippen LogP contribution in [0.3, 0.4) is 0 Å². The van der Waals surface area contributed by atoms with E-state index in [2.05, 4.69) is 49.1 Å². The molecule has 2 atom stereocenters. The van der Waals surface area contributed by atoms with Gasteiger partial charge in [-0.15, -0.1) is 0 Å². The predicted molar refractivity (Wildman–Crippen MR) is 383 cm³/mol. The first-order valence-electron chi connectivity index (χ1n) is 33.7. The molecule has 520 valence electrons. The highest BCUT2D eigenvalue weighted by Crippen LogP contribution is 2.39. The minimum absolute atomic E-state index is 0. The van der Waals surface area contributed by atoms with Crippen LogP contribution in [0, 0.1) is 19.0 Å². The Morgan fingerprint density at radius 1 is 0.571 bits per heavy atom. The summed E-state index contributed by atoms with van der Waals surface area (Å²) in [5, 5.41) is 3.94. The van der Waals surface area contributed by atoms with Crippen LogP contribution in [0.5, 0.6) is 12.0 Å². The maximum atomic E-state index is 15.1. The third-order valence-corrected chi connectivity index (χ3v) is 19.0. The molecular formula is C70H86ClFN16O8S2. The number of morpholine rings is 2. The predicted octanol–water partition coefficient (Wildman–Crippen LogP) is 6.96. The maximum absolute atomic E-state index is 15.1. The number of nitrogens with zero attached hydrogens (tertiary/aromatic N) is 16. The molecule has 10 heterocycles. The highest BCUT2D eigenvalue weighted by Gasteiger charge is 2.38. The number of pyridine rings is 2. The number of benzene rings is 2. The fourth-order valence-electron chi connectivity index (χ4n) is 13.4. The van der Waals surface area contributed by atoms with Crippen LogP contribution in [-0.4, -0.2) is 243 Å². The molecule has 24 nitrogen and oxygen atoms in total. The molecule has 6 aromatic rings. The molecule has 0 bridgehead atoms. The molecule has 14 rings (SSSR count). The van der Waals surface area contributed by atoms with Crippen molar-refractivity contribution in [3.05, 3.63) is 142 Å². The molecular weight excluding hydrogens is 1310 g/mol. The molecule has 6 aliphatic heterocycles. The lowest BCUT2D eigenvalue weighted by Crippen LogP contribution is -2.56. The molecule has 4 saturated heterocycles. The minimum Gasteiger partial charge on any atom is -0.461 e. The number of anilines is 4. The third-order valence-electron chi connectivity index (χ3n) is 18.7. The summed E-state index contributed by atoms with van der Waals surface area (Å²) in [6.07, 6.45) is 20.6. The average molecular weight is 1400 g/mol. The second kappa shape index (κ2) is 34.4. The second-order valence-electron chi connectivity index (χ2n) is 25.3. The molecule has 2 saturated carbocycles. The quantitative estimate of drug-likeness (QED) is 0.0383. The van der Waals surface area contributed by atoms with Crippen molar-refractivity contribution in [2.24, 2.45) is 0 Å². The van der Waals surface area contributed by atoms with Crippen molar-refractivity contribution in [1.29, 1.82) is 0 Å². The Morgan fingerprint density at radius 2 is 1.03 bits per heavy atom. The number of hydrogen-bond donors (Lipinski definition) is 0. The van der Waals surface area contributed by atoms with Crippen molar-refractivity contribution in [3.63, 3.8) is 0 Å². The van der Waals surface area contributed by atoms with Gasteiger partial charge in [-0.05, 0) is 50.7 Å². The number of rotatable bonds is 22. The summed E-state index contributed by atoms with van der Waals surface area (Å²) in [6, 6.07) is 10.9. The van der Waals surface area contributed by atoms with Crippen molar-refractivity contribution in [1.82, 2.24) is 49.5 Å². The minimum atomic E-state index is -0.288. The number of carbonyl (C=O) groups excluding carboxylic acids is 2. The summed E-state index contributed by atoms with van der Waals surface area (Å²) in [4.78, 5) is 79.5. The van der Waals surface area contributed by atoms with Crippen molar-refractivity contribution >= 4 is 95.0 Å². The Kier molecular flexibility index (Phi) is 25.1. The van der Waals surface area contributed by atoms with E-state index in [4.69, 9.17) is 73.1 Å². The number of ether oxygens (including phenoxy) is 6. The number of aromatic nitrogens is 6. The number of hydrogen-bond acceptors (Lipinski definition) is 20. The van der Waals surface area contributed by atoms with Crippen LogP contribution in [0.1, 0.15) is 48.2 Å². The molecule has 98 heavy (non-hydrogen) atoms. The van der Waals surface area contributed by atoms with E-state index in [0.717, 1.165) is 133 Å². The van der Waals surface area contributed by atoms with Gasteiger partial charge in [-0.25, -0.2) is 17.5 Å². The topological polar surface area (TPSA) is 201 Å². The van der Waals surface area contributed by atoms with Gasteiger partial charge in [0.2, 0.25) is 24.9 Å². The van der Waals surface area contributed by atoms with Gasteiger partial charge < -0.3 is 67.5 Å². The van der Waals surface area contributed by atoms with Crippen molar-refractivity contribution in [2.75, 3.05) is 177 Å². The van der Waals surface area contributed by atoms with Crippen LogP contribution in [0.2, 0.25) is 5.02 Å². The molecule has 4 aromatic heterocycles. The number of halogens is 2. The van der Waals surface area contributed by atoms with Gasteiger partial charge in [0, 0.05) is 149 Å². The normalized spacial score (nSPS) is 19.8. The summed E-state index contributed by atoms with van der Waals surface area (Å²) in [7, 11) is 0. The number of piperazine rings is 2. The van der Waals surface area contributed by atoms with Gasteiger partial charge in [-0.3, -0.25) is 29.4 Å². The summed E-state index contributed by atoms with van der Waals surface area (Å²) >= 11 is 6.69. The molecule has 0 N–H and O–H groups in total. The summed E-state index contributed by atoms with van der Waals surface area (Å²) in [5.74, 6) is 1.17. The molecule has 2 amide bonds. The zero-order valence-corrected chi connectivity index (χ0v) is 58.0. The number of fused-ring (bicyclic) bond motifs is 4.